The molecule has 6 nitrogen and oxygen atoms in total. The van der Waals surface area contributed by atoms with Gasteiger partial charge in [-0.3, -0.25) is 0 Å². The fraction of sp³-hybridized carbons (Fsp3) is 0.385. The van der Waals surface area contributed by atoms with Crippen LogP contribution in [0.3, 0.4) is 0 Å². The smallest absolute Gasteiger partial charge is 0.378 e. The highest BCUT2D eigenvalue weighted by molar-refractivity contribution is 7.19. The van der Waals surface area contributed by atoms with Crippen molar-refractivity contribution in [1.29, 1.82) is 0 Å². The van der Waals surface area contributed by atoms with E-state index in [4.69, 9.17) is 4.74 Å². The number of carbonyl (C=O) groups is 1. The Hall–Kier alpha value is -2.02. The first-order valence-corrected chi connectivity index (χ1v) is 7.42. The van der Waals surface area contributed by atoms with Crippen LogP contribution in [0.1, 0.15) is 34.4 Å². The average molecular weight is 288 g/mol. The van der Waals surface area contributed by atoms with E-state index >= 15 is 0 Å². The molecule has 20 heavy (non-hydrogen) atoms. The number of hydrogen-bond acceptors (Lipinski definition) is 6. The van der Waals surface area contributed by atoms with Crippen molar-refractivity contribution in [1.82, 2.24) is 19.6 Å². The summed E-state index contributed by atoms with van der Waals surface area (Å²) in [7, 11) is 0. The summed E-state index contributed by atoms with van der Waals surface area (Å²) in [5.74, 6) is -0.393. The number of rotatable bonds is 2. The van der Waals surface area contributed by atoms with Crippen LogP contribution in [-0.2, 0) is 17.6 Å². The second-order valence-corrected chi connectivity index (χ2v) is 5.79. The number of hydrogen-bond donors (Lipinski definition) is 0. The summed E-state index contributed by atoms with van der Waals surface area (Å²) < 4.78 is 6.52. The van der Waals surface area contributed by atoms with Crippen molar-refractivity contribution in [2.24, 2.45) is 0 Å². The molecule has 7 heteroatoms. The number of esters is 1. The zero-order valence-electron chi connectivity index (χ0n) is 10.9. The monoisotopic (exact) mass is 288 g/mol. The lowest BCUT2D eigenvalue weighted by atomic mass is 10.2. The molecule has 1 aliphatic rings. The van der Waals surface area contributed by atoms with E-state index in [2.05, 4.69) is 15.1 Å². The van der Waals surface area contributed by atoms with E-state index in [1.165, 1.54) is 16.9 Å². The van der Waals surface area contributed by atoms with E-state index in [0.717, 1.165) is 23.1 Å². The third-order valence-electron chi connectivity index (χ3n) is 3.50. The van der Waals surface area contributed by atoms with Gasteiger partial charge in [0.05, 0.1) is 12.0 Å². The van der Waals surface area contributed by atoms with Crippen molar-refractivity contribution in [3.63, 3.8) is 0 Å². The molecule has 0 atom stereocenters. The van der Waals surface area contributed by atoms with Gasteiger partial charge in [0, 0.05) is 4.88 Å². The second-order valence-electron chi connectivity index (χ2n) is 4.71. The normalized spacial score (nSPS) is 14.1. The molecule has 3 heterocycles. The Morgan fingerprint density at radius 2 is 2.40 bits per heavy atom. The maximum Gasteiger partial charge on any atom is 0.378 e. The van der Waals surface area contributed by atoms with Crippen LogP contribution in [0.4, 0.5) is 0 Å². The first kappa shape index (κ1) is 11.8. The summed E-state index contributed by atoms with van der Waals surface area (Å²) in [5.41, 5.74) is 2.03. The van der Waals surface area contributed by atoms with Crippen molar-refractivity contribution in [3.05, 3.63) is 22.6 Å². The SMILES string of the molecule is CCOC(=O)c1nc2c3c4c(sc3ncn2n1)CCC4. The maximum absolute atomic E-state index is 11.7. The number of aryl methyl sites for hydroxylation is 2. The van der Waals surface area contributed by atoms with Crippen molar-refractivity contribution >= 4 is 33.2 Å². The number of nitrogens with zero attached hydrogens (tertiary/aromatic N) is 4. The molecular weight excluding hydrogens is 276 g/mol. The van der Waals surface area contributed by atoms with Gasteiger partial charge in [-0.15, -0.1) is 16.4 Å². The summed E-state index contributed by atoms with van der Waals surface area (Å²) >= 11 is 1.72. The van der Waals surface area contributed by atoms with Gasteiger partial charge in [-0.25, -0.2) is 19.3 Å². The van der Waals surface area contributed by atoms with Gasteiger partial charge in [0.25, 0.3) is 5.82 Å². The molecule has 0 spiro atoms. The van der Waals surface area contributed by atoms with Crippen LogP contribution in [0.5, 0.6) is 0 Å². The van der Waals surface area contributed by atoms with Gasteiger partial charge in [0.1, 0.15) is 11.2 Å². The van der Waals surface area contributed by atoms with Crippen LogP contribution >= 0.6 is 11.3 Å². The van der Waals surface area contributed by atoms with Gasteiger partial charge in [0.15, 0.2) is 5.65 Å². The van der Waals surface area contributed by atoms with Crippen molar-refractivity contribution in [2.75, 3.05) is 6.61 Å². The zero-order chi connectivity index (χ0) is 13.7. The predicted octanol–water partition coefficient (Wildman–Crippen LogP) is 2.00. The van der Waals surface area contributed by atoms with Crippen LogP contribution in [0, 0.1) is 0 Å². The quantitative estimate of drug-likeness (QED) is 0.675. The first-order chi connectivity index (χ1) is 9.78. The van der Waals surface area contributed by atoms with Crippen molar-refractivity contribution in [2.45, 2.75) is 26.2 Å². The van der Waals surface area contributed by atoms with Crippen LogP contribution < -0.4 is 0 Å². The molecule has 0 saturated heterocycles. The number of carbonyl (C=O) groups excluding carboxylic acids is 1. The van der Waals surface area contributed by atoms with Gasteiger partial charge >= 0.3 is 5.97 Å². The Morgan fingerprint density at radius 1 is 1.50 bits per heavy atom. The predicted molar refractivity (Wildman–Crippen MR) is 74.1 cm³/mol. The number of thiophene rings is 1. The van der Waals surface area contributed by atoms with E-state index in [-0.39, 0.29) is 5.82 Å². The molecule has 102 valence electrons. The lowest BCUT2D eigenvalue weighted by Gasteiger charge is -1.95. The molecule has 0 radical (unpaired) electrons. The highest BCUT2D eigenvalue weighted by Crippen LogP contribution is 2.37. The fourth-order valence-corrected chi connectivity index (χ4v) is 3.90. The van der Waals surface area contributed by atoms with Crippen LogP contribution in [0.2, 0.25) is 0 Å². The Morgan fingerprint density at radius 3 is 3.25 bits per heavy atom. The molecule has 0 unspecified atom stereocenters. The Balaban J connectivity index is 1.97. The standard InChI is InChI=1S/C13H12N4O2S/c1-2-19-13(18)10-15-11-9-7-4-3-5-8(7)20-12(9)14-6-17(11)16-10/h6H,2-5H2,1H3. The highest BCUT2D eigenvalue weighted by atomic mass is 32.1. The number of fused-ring (bicyclic) bond motifs is 5. The molecule has 0 saturated carbocycles. The molecule has 3 aromatic rings. The Bertz CT molecular complexity index is 836. The highest BCUT2D eigenvalue weighted by Gasteiger charge is 2.23. The van der Waals surface area contributed by atoms with E-state index in [1.54, 1.807) is 29.1 Å². The molecule has 0 aliphatic heterocycles. The summed E-state index contributed by atoms with van der Waals surface area (Å²) in [4.78, 5) is 22.9. The van der Waals surface area contributed by atoms with E-state index < -0.39 is 5.97 Å². The summed E-state index contributed by atoms with van der Waals surface area (Å²) in [6.45, 7) is 2.08. The van der Waals surface area contributed by atoms with Crippen molar-refractivity contribution < 1.29 is 9.53 Å². The van der Waals surface area contributed by atoms with Gasteiger partial charge in [0.2, 0.25) is 0 Å². The largest absolute Gasteiger partial charge is 0.460 e. The molecule has 0 amide bonds. The maximum atomic E-state index is 11.7. The van der Waals surface area contributed by atoms with E-state index in [0.29, 0.717) is 12.3 Å². The van der Waals surface area contributed by atoms with Crippen molar-refractivity contribution in [3.8, 4) is 0 Å². The Labute approximate surface area is 118 Å². The molecule has 0 bridgehead atoms. The molecule has 0 fully saturated rings. The Kier molecular flexibility index (Phi) is 2.50. The molecule has 0 N–H and O–H groups in total. The van der Waals surface area contributed by atoms with Crippen LogP contribution in [-0.4, -0.2) is 32.2 Å². The first-order valence-electron chi connectivity index (χ1n) is 6.60. The molecule has 0 aromatic carbocycles. The van der Waals surface area contributed by atoms with Gasteiger partial charge < -0.3 is 4.74 Å². The van der Waals surface area contributed by atoms with Crippen LogP contribution in [0.15, 0.2) is 6.33 Å². The molecular formula is C13H12N4O2S. The van der Waals surface area contributed by atoms with Gasteiger partial charge in [-0.2, -0.15) is 0 Å². The second kappa shape index (κ2) is 4.24. The van der Waals surface area contributed by atoms with E-state index in [9.17, 15) is 4.79 Å². The lowest BCUT2D eigenvalue weighted by molar-refractivity contribution is 0.0512. The molecule has 1 aliphatic carbocycles. The topological polar surface area (TPSA) is 69.4 Å². The summed E-state index contributed by atoms with van der Waals surface area (Å²) in [5, 5.41) is 5.21. The van der Waals surface area contributed by atoms with E-state index in [1.807, 2.05) is 0 Å². The molecule has 3 aromatic heterocycles. The van der Waals surface area contributed by atoms with Gasteiger partial charge in [-0.05, 0) is 31.7 Å². The summed E-state index contributed by atoms with van der Waals surface area (Å²) in [6, 6.07) is 0. The third kappa shape index (κ3) is 1.56. The number of aromatic nitrogens is 4. The fourth-order valence-electron chi connectivity index (χ4n) is 2.67. The summed E-state index contributed by atoms with van der Waals surface area (Å²) in [6.07, 6.45) is 4.95. The minimum Gasteiger partial charge on any atom is -0.460 e. The van der Waals surface area contributed by atoms with Gasteiger partial charge in [-0.1, -0.05) is 0 Å². The number of ether oxygens (including phenoxy) is 1. The average Bonchev–Trinajstić information content (AvgIpc) is 3.10. The lowest BCUT2D eigenvalue weighted by Crippen LogP contribution is -2.06. The van der Waals surface area contributed by atoms with Crippen LogP contribution in [0.25, 0.3) is 15.9 Å². The zero-order valence-corrected chi connectivity index (χ0v) is 11.7. The minimum atomic E-state index is -0.490. The third-order valence-corrected chi connectivity index (χ3v) is 4.70. The molecule has 4 rings (SSSR count). The minimum absolute atomic E-state index is 0.0964.